The van der Waals surface area contributed by atoms with Crippen molar-refractivity contribution < 1.29 is 4.79 Å². The largest absolute Gasteiger partial charge is 0.367 e. The number of aryl methyl sites for hydroxylation is 1. The van der Waals surface area contributed by atoms with Gasteiger partial charge in [0.15, 0.2) is 0 Å². The summed E-state index contributed by atoms with van der Waals surface area (Å²) in [4.78, 5) is 17.0. The van der Waals surface area contributed by atoms with Gasteiger partial charge in [0.05, 0.1) is 11.7 Å². The van der Waals surface area contributed by atoms with Crippen molar-refractivity contribution in [1.82, 2.24) is 19.9 Å². The Morgan fingerprint density at radius 1 is 1.22 bits per heavy atom. The second-order valence-electron chi connectivity index (χ2n) is 6.41. The second-order valence-corrected chi connectivity index (χ2v) is 6.85. The van der Waals surface area contributed by atoms with Gasteiger partial charge in [0.2, 0.25) is 0 Å². The molecule has 1 aliphatic heterocycles. The van der Waals surface area contributed by atoms with Crippen LogP contribution < -0.4 is 4.90 Å². The van der Waals surface area contributed by atoms with E-state index in [-0.39, 0.29) is 11.4 Å². The molecule has 23 heavy (non-hydrogen) atoms. The van der Waals surface area contributed by atoms with Crippen molar-refractivity contribution >= 4 is 23.2 Å². The highest BCUT2D eigenvalue weighted by Crippen LogP contribution is 2.27. The summed E-state index contributed by atoms with van der Waals surface area (Å²) in [6.07, 6.45) is 1.52. The Bertz CT molecular complexity index is 710. The summed E-state index contributed by atoms with van der Waals surface area (Å²) < 4.78 is 1.52. The van der Waals surface area contributed by atoms with Gasteiger partial charge < -0.3 is 9.80 Å². The summed E-state index contributed by atoms with van der Waals surface area (Å²) in [6, 6.07) is 7.81. The smallest absolute Gasteiger partial charge is 0.274 e. The van der Waals surface area contributed by atoms with Crippen LogP contribution in [0.3, 0.4) is 0 Å². The van der Waals surface area contributed by atoms with Crippen LogP contribution in [0.25, 0.3) is 0 Å². The van der Waals surface area contributed by atoms with Gasteiger partial charge >= 0.3 is 0 Å². The average molecular weight is 334 g/mol. The van der Waals surface area contributed by atoms with E-state index < -0.39 is 0 Å². The molecule has 6 nitrogen and oxygen atoms in total. The van der Waals surface area contributed by atoms with E-state index in [1.54, 1.807) is 7.05 Å². The molecule has 1 aromatic carbocycles. The third-order valence-electron chi connectivity index (χ3n) is 4.27. The monoisotopic (exact) mass is 333 g/mol. The molecule has 0 N–H and O–H groups in total. The third kappa shape index (κ3) is 3.03. The molecule has 1 aromatic heterocycles. The third-order valence-corrected chi connectivity index (χ3v) is 4.52. The number of rotatable bonds is 2. The van der Waals surface area contributed by atoms with E-state index in [1.165, 1.54) is 10.9 Å². The van der Waals surface area contributed by atoms with Crippen LogP contribution in [0.1, 0.15) is 24.3 Å². The molecule has 122 valence electrons. The van der Waals surface area contributed by atoms with Gasteiger partial charge in [-0.25, -0.2) is 4.68 Å². The highest BCUT2D eigenvalue weighted by Gasteiger charge is 2.38. The fourth-order valence-corrected chi connectivity index (χ4v) is 3.15. The Morgan fingerprint density at radius 2 is 1.91 bits per heavy atom. The molecule has 0 spiro atoms. The molecular weight excluding hydrogens is 314 g/mol. The van der Waals surface area contributed by atoms with Gasteiger partial charge in [0, 0.05) is 37.4 Å². The quantitative estimate of drug-likeness (QED) is 0.845. The zero-order valence-corrected chi connectivity index (χ0v) is 14.3. The van der Waals surface area contributed by atoms with Crippen LogP contribution in [0.2, 0.25) is 5.02 Å². The van der Waals surface area contributed by atoms with Crippen molar-refractivity contribution in [1.29, 1.82) is 0 Å². The molecule has 1 amide bonds. The zero-order chi connectivity index (χ0) is 16.6. The lowest BCUT2D eigenvalue weighted by atomic mass is 9.97. The van der Waals surface area contributed by atoms with E-state index in [0.717, 1.165) is 23.8 Å². The minimum absolute atomic E-state index is 0.0294. The number of hydrogen-bond donors (Lipinski definition) is 0. The van der Waals surface area contributed by atoms with E-state index in [2.05, 4.69) is 29.1 Å². The van der Waals surface area contributed by atoms with E-state index in [4.69, 9.17) is 11.6 Å². The Morgan fingerprint density at radius 3 is 2.48 bits per heavy atom. The molecular formula is C16H20ClN5O. The van der Waals surface area contributed by atoms with Crippen molar-refractivity contribution in [3.63, 3.8) is 0 Å². The first kappa shape index (κ1) is 15.8. The number of nitrogens with zero attached hydrogens (tertiary/aromatic N) is 5. The van der Waals surface area contributed by atoms with Gasteiger partial charge in [-0.3, -0.25) is 4.79 Å². The van der Waals surface area contributed by atoms with Crippen LogP contribution in [0.5, 0.6) is 0 Å². The van der Waals surface area contributed by atoms with Crippen molar-refractivity contribution in [2.75, 3.05) is 24.5 Å². The van der Waals surface area contributed by atoms with Crippen LogP contribution in [0.4, 0.5) is 5.69 Å². The average Bonchev–Trinajstić information content (AvgIpc) is 2.92. The number of aromatic nitrogens is 3. The molecule has 0 unspecified atom stereocenters. The van der Waals surface area contributed by atoms with Gasteiger partial charge in [-0.2, -0.15) is 0 Å². The number of halogens is 1. The maximum absolute atomic E-state index is 12.8. The fraction of sp³-hybridized carbons (Fsp3) is 0.438. The predicted molar refractivity (Wildman–Crippen MR) is 89.8 cm³/mol. The first-order valence-electron chi connectivity index (χ1n) is 7.56. The second kappa shape index (κ2) is 5.85. The van der Waals surface area contributed by atoms with Gasteiger partial charge in [-0.05, 0) is 38.1 Å². The molecule has 1 aliphatic rings. The summed E-state index contributed by atoms with van der Waals surface area (Å²) in [5.41, 5.74) is 1.34. The number of hydrogen-bond acceptors (Lipinski definition) is 4. The van der Waals surface area contributed by atoms with Crippen LogP contribution in [0, 0.1) is 0 Å². The number of anilines is 1. The fourth-order valence-electron chi connectivity index (χ4n) is 3.03. The minimum atomic E-state index is -0.292. The maximum Gasteiger partial charge on any atom is 0.274 e. The minimum Gasteiger partial charge on any atom is -0.367 e. The van der Waals surface area contributed by atoms with Gasteiger partial charge in [-0.15, -0.1) is 5.10 Å². The number of carbonyl (C=O) groups is 1. The number of amides is 1. The molecule has 0 bridgehead atoms. The van der Waals surface area contributed by atoms with Crippen molar-refractivity contribution in [2.24, 2.45) is 7.05 Å². The molecule has 0 atom stereocenters. The molecule has 7 heteroatoms. The number of carbonyl (C=O) groups excluding carboxylic acids is 1. The number of benzene rings is 1. The SMILES string of the molecule is Cn1nncc1C(=O)N1CCN(c2ccc(Cl)cc2)CC1(C)C. The molecule has 0 radical (unpaired) electrons. The molecule has 0 aliphatic carbocycles. The molecule has 0 saturated carbocycles. The predicted octanol–water partition coefficient (Wildman–Crippen LogP) is 2.21. The van der Waals surface area contributed by atoms with E-state index in [1.807, 2.05) is 29.2 Å². The lowest BCUT2D eigenvalue weighted by Gasteiger charge is -2.47. The molecule has 1 fully saturated rings. The van der Waals surface area contributed by atoms with Crippen LogP contribution in [-0.2, 0) is 7.05 Å². The van der Waals surface area contributed by atoms with E-state index >= 15 is 0 Å². The lowest BCUT2D eigenvalue weighted by molar-refractivity contribution is 0.0503. The maximum atomic E-state index is 12.8. The van der Waals surface area contributed by atoms with Crippen LogP contribution in [0.15, 0.2) is 30.5 Å². The Labute approximate surface area is 140 Å². The van der Waals surface area contributed by atoms with Gasteiger partial charge in [0.25, 0.3) is 5.91 Å². The summed E-state index contributed by atoms with van der Waals surface area (Å²) in [5, 5.41) is 8.37. The summed E-state index contributed by atoms with van der Waals surface area (Å²) >= 11 is 5.96. The Balaban J connectivity index is 1.79. The van der Waals surface area contributed by atoms with Crippen molar-refractivity contribution in [3.8, 4) is 0 Å². The molecule has 3 rings (SSSR count). The Kier molecular flexibility index (Phi) is 4.02. The summed E-state index contributed by atoms with van der Waals surface area (Å²) in [6.45, 7) is 6.35. The number of piperazine rings is 1. The highest BCUT2D eigenvalue weighted by molar-refractivity contribution is 6.30. The highest BCUT2D eigenvalue weighted by atomic mass is 35.5. The van der Waals surface area contributed by atoms with Crippen LogP contribution in [-0.4, -0.2) is 51.0 Å². The lowest BCUT2D eigenvalue weighted by Crippen LogP contribution is -2.61. The standard InChI is InChI=1S/C16H20ClN5O/c1-16(2)11-21(13-6-4-12(17)5-7-13)8-9-22(16)15(23)14-10-18-19-20(14)3/h4-7,10H,8-9,11H2,1-3H3. The van der Waals surface area contributed by atoms with E-state index in [0.29, 0.717) is 12.2 Å². The van der Waals surface area contributed by atoms with Crippen molar-refractivity contribution in [2.45, 2.75) is 19.4 Å². The summed E-state index contributed by atoms with van der Waals surface area (Å²) in [5.74, 6) is -0.0294. The summed E-state index contributed by atoms with van der Waals surface area (Å²) in [7, 11) is 1.73. The van der Waals surface area contributed by atoms with E-state index in [9.17, 15) is 4.79 Å². The molecule has 1 saturated heterocycles. The first-order chi connectivity index (χ1) is 10.9. The van der Waals surface area contributed by atoms with Gasteiger partial charge in [-0.1, -0.05) is 16.8 Å². The first-order valence-corrected chi connectivity index (χ1v) is 7.93. The van der Waals surface area contributed by atoms with Crippen LogP contribution >= 0.6 is 11.6 Å². The van der Waals surface area contributed by atoms with Crippen molar-refractivity contribution in [3.05, 3.63) is 41.2 Å². The molecule has 2 aromatic rings. The topological polar surface area (TPSA) is 54.3 Å². The zero-order valence-electron chi connectivity index (χ0n) is 13.5. The van der Waals surface area contributed by atoms with Gasteiger partial charge in [0.1, 0.15) is 5.69 Å². The Hall–Kier alpha value is -2.08. The molecule has 2 heterocycles. The normalized spacial score (nSPS) is 17.4.